The lowest BCUT2D eigenvalue weighted by Gasteiger charge is -2.17. The van der Waals surface area contributed by atoms with Crippen molar-refractivity contribution in [3.63, 3.8) is 0 Å². The van der Waals surface area contributed by atoms with Gasteiger partial charge in [0.1, 0.15) is 11.9 Å². The predicted octanol–water partition coefficient (Wildman–Crippen LogP) is 4.19. The van der Waals surface area contributed by atoms with Gasteiger partial charge in [0.2, 0.25) is 0 Å². The molecule has 140 valence electrons. The number of hydrogen-bond acceptors (Lipinski definition) is 4. The minimum absolute atomic E-state index is 0.00969. The van der Waals surface area contributed by atoms with Gasteiger partial charge in [-0.25, -0.2) is 8.42 Å². The summed E-state index contributed by atoms with van der Waals surface area (Å²) >= 11 is 11.8. The van der Waals surface area contributed by atoms with Gasteiger partial charge in [-0.05, 0) is 50.2 Å². The molecule has 0 unspecified atom stereocenters. The smallest absolute Gasteiger partial charge is 0.261 e. The van der Waals surface area contributed by atoms with Gasteiger partial charge in [-0.2, -0.15) is 0 Å². The number of sulfonamides is 1. The second-order valence-electron chi connectivity index (χ2n) is 6.48. The normalized spacial score (nSPS) is 18.1. The van der Waals surface area contributed by atoms with E-state index in [9.17, 15) is 8.42 Å². The van der Waals surface area contributed by atoms with Crippen LogP contribution in [-0.4, -0.2) is 39.6 Å². The molecule has 0 aromatic heterocycles. The first-order valence-corrected chi connectivity index (χ1v) is 10.4. The van der Waals surface area contributed by atoms with Gasteiger partial charge in [-0.1, -0.05) is 29.3 Å². The van der Waals surface area contributed by atoms with E-state index < -0.39 is 10.0 Å². The molecule has 1 N–H and O–H groups in total. The van der Waals surface area contributed by atoms with Gasteiger partial charge < -0.3 is 9.64 Å². The first kappa shape index (κ1) is 19.3. The zero-order valence-corrected chi connectivity index (χ0v) is 16.8. The fourth-order valence-electron chi connectivity index (χ4n) is 2.86. The first-order valence-electron chi connectivity index (χ1n) is 8.18. The van der Waals surface area contributed by atoms with Gasteiger partial charge in [-0.15, -0.1) is 0 Å². The molecule has 1 aliphatic heterocycles. The van der Waals surface area contributed by atoms with Crippen molar-refractivity contribution >= 4 is 38.9 Å². The van der Waals surface area contributed by atoms with E-state index >= 15 is 0 Å². The number of halogens is 2. The molecule has 1 aliphatic rings. The lowest BCUT2D eigenvalue weighted by molar-refractivity contribution is 0.207. The minimum Gasteiger partial charge on any atom is -0.489 e. The molecule has 26 heavy (non-hydrogen) atoms. The number of benzene rings is 2. The monoisotopic (exact) mass is 414 g/mol. The molecule has 1 fully saturated rings. The van der Waals surface area contributed by atoms with Crippen molar-refractivity contribution in [2.75, 3.05) is 24.9 Å². The molecule has 0 bridgehead atoms. The maximum absolute atomic E-state index is 12.6. The molecule has 0 amide bonds. The first-order chi connectivity index (χ1) is 12.2. The second-order valence-corrected chi connectivity index (χ2v) is 9.04. The van der Waals surface area contributed by atoms with Crippen LogP contribution in [0.15, 0.2) is 41.3 Å². The van der Waals surface area contributed by atoms with E-state index in [0.29, 0.717) is 11.4 Å². The van der Waals surface area contributed by atoms with Crippen molar-refractivity contribution in [2.45, 2.75) is 24.3 Å². The Labute approximate surface area is 163 Å². The highest BCUT2D eigenvalue weighted by Crippen LogP contribution is 2.28. The maximum Gasteiger partial charge on any atom is 0.261 e. The Morgan fingerprint density at radius 3 is 2.46 bits per heavy atom. The highest BCUT2D eigenvalue weighted by molar-refractivity contribution is 7.92. The Kier molecular flexibility index (Phi) is 5.67. The summed E-state index contributed by atoms with van der Waals surface area (Å²) in [4.78, 5) is 2.21. The molecule has 2 aromatic rings. The molecule has 5 nitrogen and oxygen atoms in total. The third-order valence-corrected chi connectivity index (χ3v) is 6.03. The van der Waals surface area contributed by atoms with Crippen LogP contribution in [0.4, 0.5) is 5.69 Å². The highest BCUT2D eigenvalue weighted by atomic mass is 35.5. The molecule has 1 saturated heterocycles. The summed E-state index contributed by atoms with van der Waals surface area (Å²) in [7, 11) is -1.75. The van der Waals surface area contributed by atoms with Crippen molar-refractivity contribution in [3.05, 3.63) is 52.0 Å². The fraction of sp³-hybridized carbons (Fsp3) is 0.333. The zero-order valence-electron chi connectivity index (χ0n) is 14.5. The van der Waals surface area contributed by atoms with Crippen LogP contribution in [0.5, 0.6) is 5.75 Å². The number of likely N-dealkylation sites (N-methyl/N-ethyl adjacent to an activating group) is 1. The van der Waals surface area contributed by atoms with Crippen molar-refractivity contribution in [3.8, 4) is 5.75 Å². The molecule has 1 heterocycles. The molecule has 0 aliphatic carbocycles. The number of nitrogens with one attached hydrogen (secondary N) is 1. The summed E-state index contributed by atoms with van der Waals surface area (Å²) in [5.74, 6) is 0.676. The number of anilines is 1. The van der Waals surface area contributed by atoms with Gasteiger partial charge in [0.25, 0.3) is 10.0 Å². The zero-order chi connectivity index (χ0) is 18.9. The lowest BCUT2D eigenvalue weighted by atomic mass is 10.2. The summed E-state index contributed by atoms with van der Waals surface area (Å²) in [6.45, 7) is 3.78. The Morgan fingerprint density at radius 1 is 1.15 bits per heavy atom. The van der Waals surface area contributed by atoms with Crippen LogP contribution in [0.3, 0.4) is 0 Å². The van der Waals surface area contributed by atoms with Gasteiger partial charge in [-0.3, -0.25) is 4.72 Å². The number of rotatable bonds is 5. The van der Waals surface area contributed by atoms with Crippen LogP contribution in [0, 0.1) is 6.92 Å². The summed E-state index contributed by atoms with van der Waals surface area (Å²) in [6, 6.07) is 9.44. The minimum atomic E-state index is -3.81. The number of nitrogens with zero attached hydrogens (tertiary/aromatic N) is 1. The molecular formula is C18H20Cl2N2O3S. The van der Waals surface area contributed by atoms with E-state index in [2.05, 4.69) is 16.7 Å². The van der Waals surface area contributed by atoms with E-state index in [0.717, 1.165) is 25.1 Å². The number of ether oxygens (including phenoxy) is 1. The quantitative estimate of drug-likeness (QED) is 0.796. The van der Waals surface area contributed by atoms with E-state index in [1.807, 2.05) is 13.0 Å². The highest BCUT2D eigenvalue weighted by Gasteiger charge is 2.22. The van der Waals surface area contributed by atoms with Crippen LogP contribution in [-0.2, 0) is 10.0 Å². The average Bonchev–Trinajstić information content (AvgIpc) is 2.94. The van der Waals surface area contributed by atoms with E-state index in [4.69, 9.17) is 27.9 Å². The van der Waals surface area contributed by atoms with Crippen LogP contribution < -0.4 is 9.46 Å². The van der Waals surface area contributed by atoms with E-state index in [-0.39, 0.29) is 21.0 Å². The lowest BCUT2D eigenvalue weighted by Crippen LogP contribution is -2.21. The Balaban J connectivity index is 1.82. The summed E-state index contributed by atoms with van der Waals surface area (Å²) in [5, 5.41) is 0.521. The summed E-state index contributed by atoms with van der Waals surface area (Å²) in [5.41, 5.74) is 1.38. The van der Waals surface area contributed by atoms with Gasteiger partial charge in [0.15, 0.2) is 0 Å². The molecule has 1 atom stereocenters. The Bertz CT molecular complexity index is 898. The second kappa shape index (κ2) is 7.64. The molecule has 0 saturated carbocycles. The largest absolute Gasteiger partial charge is 0.489 e. The van der Waals surface area contributed by atoms with Crippen LogP contribution in [0.25, 0.3) is 0 Å². The summed E-state index contributed by atoms with van der Waals surface area (Å²) in [6.07, 6.45) is 1.06. The predicted molar refractivity (Wildman–Crippen MR) is 105 cm³/mol. The maximum atomic E-state index is 12.6. The molecule has 0 spiro atoms. The van der Waals surface area contributed by atoms with Crippen LogP contribution in [0.2, 0.25) is 10.0 Å². The summed E-state index contributed by atoms with van der Waals surface area (Å²) < 4.78 is 33.8. The van der Waals surface area contributed by atoms with E-state index in [1.165, 1.54) is 18.2 Å². The van der Waals surface area contributed by atoms with Gasteiger partial charge in [0, 0.05) is 29.2 Å². The van der Waals surface area contributed by atoms with Gasteiger partial charge >= 0.3 is 0 Å². The van der Waals surface area contributed by atoms with Gasteiger partial charge in [0.05, 0.1) is 10.6 Å². The topological polar surface area (TPSA) is 58.6 Å². The number of aryl methyl sites for hydroxylation is 1. The van der Waals surface area contributed by atoms with Crippen molar-refractivity contribution in [1.82, 2.24) is 4.90 Å². The molecule has 8 heteroatoms. The molecule has 3 rings (SSSR count). The van der Waals surface area contributed by atoms with Crippen molar-refractivity contribution < 1.29 is 13.2 Å². The SMILES string of the molecule is Cc1ccc(NS(=O)(=O)c2cc(Cl)cc(Cl)c2)cc1O[C@@H]1CCN(C)C1. The molecule has 0 radical (unpaired) electrons. The number of likely N-dealkylation sites (tertiary alicyclic amines) is 1. The van der Waals surface area contributed by atoms with Crippen molar-refractivity contribution in [2.24, 2.45) is 0 Å². The Morgan fingerprint density at radius 2 is 1.85 bits per heavy atom. The van der Waals surface area contributed by atoms with Crippen LogP contribution in [0.1, 0.15) is 12.0 Å². The fourth-order valence-corrected chi connectivity index (χ4v) is 4.63. The number of hydrogen-bond donors (Lipinski definition) is 1. The molecule has 2 aromatic carbocycles. The van der Waals surface area contributed by atoms with Crippen molar-refractivity contribution in [1.29, 1.82) is 0 Å². The third-order valence-electron chi connectivity index (χ3n) is 4.23. The standard InChI is InChI=1S/C18H20Cl2N2O3S/c1-12-3-4-15(10-18(12)25-16-5-6-22(2)11-16)21-26(23,24)17-8-13(19)7-14(20)9-17/h3-4,7-10,16,21H,5-6,11H2,1-2H3/t16-/m1/s1. The Hall–Kier alpha value is -1.47. The van der Waals surface area contributed by atoms with E-state index in [1.54, 1.807) is 12.1 Å². The van der Waals surface area contributed by atoms with Crippen LogP contribution >= 0.6 is 23.2 Å². The third kappa shape index (κ3) is 4.62. The average molecular weight is 415 g/mol. The molecular weight excluding hydrogens is 395 g/mol.